The molecule has 0 aliphatic rings. The summed E-state index contributed by atoms with van der Waals surface area (Å²) < 4.78 is 1.75. The van der Waals surface area contributed by atoms with E-state index in [9.17, 15) is 14.7 Å². The number of carbonyl (C=O) groups is 2. The van der Waals surface area contributed by atoms with Crippen LogP contribution in [0.4, 0.5) is 0 Å². The van der Waals surface area contributed by atoms with Gasteiger partial charge in [-0.05, 0) is 38.3 Å². The fourth-order valence-electron chi connectivity index (χ4n) is 3.18. The number of halogens is 1. The van der Waals surface area contributed by atoms with Crippen LogP contribution in [0.1, 0.15) is 54.0 Å². The van der Waals surface area contributed by atoms with Gasteiger partial charge >= 0.3 is 5.97 Å². The Kier molecular flexibility index (Phi) is 6.65. The van der Waals surface area contributed by atoms with Gasteiger partial charge in [0.05, 0.1) is 23.2 Å². The fourth-order valence-corrected chi connectivity index (χ4v) is 3.38. The van der Waals surface area contributed by atoms with Crippen molar-refractivity contribution in [1.82, 2.24) is 15.1 Å². The molecule has 7 heteroatoms. The number of amides is 1. The Balaban J connectivity index is 2.21. The summed E-state index contributed by atoms with van der Waals surface area (Å²) in [5.74, 6) is -1.20. The van der Waals surface area contributed by atoms with E-state index in [1.165, 1.54) is 0 Å². The first-order valence-corrected chi connectivity index (χ1v) is 9.42. The molecule has 0 aliphatic carbocycles. The summed E-state index contributed by atoms with van der Waals surface area (Å²) in [5, 5.41) is 17.4. The van der Waals surface area contributed by atoms with Crippen LogP contribution in [0, 0.1) is 19.3 Å². The van der Waals surface area contributed by atoms with Crippen LogP contribution in [0.5, 0.6) is 0 Å². The Morgan fingerprint density at radius 3 is 2.41 bits per heavy atom. The topological polar surface area (TPSA) is 84.2 Å². The van der Waals surface area contributed by atoms with Crippen LogP contribution < -0.4 is 5.32 Å². The molecule has 6 nitrogen and oxygen atoms in total. The number of aliphatic carboxylic acids is 1. The molecule has 0 unspecified atom stereocenters. The molecule has 2 rings (SSSR count). The molecule has 146 valence electrons. The highest BCUT2D eigenvalue weighted by Gasteiger charge is 2.35. The second-order valence-electron chi connectivity index (χ2n) is 6.77. The van der Waals surface area contributed by atoms with E-state index in [1.54, 1.807) is 11.6 Å². The van der Waals surface area contributed by atoms with Gasteiger partial charge in [-0.15, -0.1) is 0 Å². The number of hydrogen-bond acceptors (Lipinski definition) is 3. The van der Waals surface area contributed by atoms with E-state index in [1.807, 2.05) is 45.0 Å². The number of nitrogens with one attached hydrogen (secondary N) is 1. The zero-order chi connectivity index (χ0) is 20.2. The average Bonchev–Trinajstić information content (AvgIpc) is 2.91. The molecule has 0 aliphatic heterocycles. The van der Waals surface area contributed by atoms with Crippen molar-refractivity contribution in [1.29, 1.82) is 0 Å². The summed E-state index contributed by atoms with van der Waals surface area (Å²) in [7, 11) is 0. The number of aryl methyl sites for hydroxylation is 1. The Morgan fingerprint density at radius 1 is 1.22 bits per heavy atom. The Hall–Kier alpha value is -2.34. The minimum absolute atomic E-state index is 0.0861. The van der Waals surface area contributed by atoms with E-state index in [2.05, 4.69) is 10.4 Å². The van der Waals surface area contributed by atoms with Crippen LogP contribution in [0.15, 0.2) is 24.3 Å². The van der Waals surface area contributed by atoms with Gasteiger partial charge in [0.15, 0.2) is 0 Å². The van der Waals surface area contributed by atoms with Gasteiger partial charge in [-0.25, -0.2) is 0 Å². The van der Waals surface area contributed by atoms with Crippen LogP contribution >= 0.6 is 11.6 Å². The molecule has 2 N–H and O–H groups in total. The molecular formula is C20H26ClN3O3. The van der Waals surface area contributed by atoms with Gasteiger partial charge in [0.1, 0.15) is 0 Å². The highest BCUT2D eigenvalue weighted by Crippen LogP contribution is 2.26. The van der Waals surface area contributed by atoms with Gasteiger partial charge in [-0.3, -0.25) is 14.3 Å². The number of hydrogen-bond donors (Lipinski definition) is 2. The predicted octanol–water partition coefficient (Wildman–Crippen LogP) is 3.82. The Morgan fingerprint density at radius 2 is 1.85 bits per heavy atom. The van der Waals surface area contributed by atoms with Gasteiger partial charge in [0.25, 0.3) is 5.91 Å². The van der Waals surface area contributed by atoms with Gasteiger partial charge in [0.2, 0.25) is 0 Å². The molecular weight excluding hydrogens is 366 g/mol. The summed E-state index contributed by atoms with van der Waals surface area (Å²) in [5.41, 5.74) is 1.77. The Labute approximate surface area is 164 Å². The molecule has 0 fully saturated rings. The maximum absolute atomic E-state index is 12.7. The van der Waals surface area contributed by atoms with E-state index in [0.717, 1.165) is 11.3 Å². The van der Waals surface area contributed by atoms with Crippen LogP contribution in [0.25, 0.3) is 0 Å². The lowest BCUT2D eigenvalue weighted by Crippen LogP contribution is -2.42. The minimum Gasteiger partial charge on any atom is -0.481 e. The quantitative estimate of drug-likeness (QED) is 0.716. The summed E-state index contributed by atoms with van der Waals surface area (Å²) >= 11 is 6.22. The van der Waals surface area contributed by atoms with Crippen molar-refractivity contribution in [2.24, 2.45) is 5.41 Å². The van der Waals surface area contributed by atoms with Crippen molar-refractivity contribution in [2.45, 2.75) is 47.1 Å². The van der Waals surface area contributed by atoms with Gasteiger partial charge in [0, 0.05) is 17.3 Å². The molecule has 1 amide bonds. The van der Waals surface area contributed by atoms with Gasteiger partial charge < -0.3 is 10.4 Å². The molecule has 1 aromatic carbocycles. The lowest BCUT2D eigenvalue weighted by molar-refractivity contribution is -0.149. The zero-order valence-electron chi connectivity index (χ0n) is 16.2. The molecule has 27 heavy (non-hydrogen) atoms. The maximum atomic E-state index is 12.7. The summed E-state index contributed by atoms with van der Waals surface area (Å²) in [6, 6.07) is 7.50. The van der Waals surface area contributed by atoms with Crippen molar-refractivity contribution < 1.29 is 14.7 Å². The first-order chi connectivity index (χ1) is 12.8. The fraction of sp³-hybridized carbons (Fsp3) is 0.450. The van der Waals surface area contributed by atoms with Crippen LogP contribution in [0.3, 0.4) is 0 Å². The third kappa shape index (κ3) is 4.33. The molecule has 0 saturated carbocycles. The molecule has 0 saturated heterocycles. The lowest BCUT2D eigenvalue weighted by atomic mass is 9.82. The summed E-state index contributed by atoms with van der Waals surface area (Å²) in [6.07, 6.45) is 0.895. The number of carboxylic acids is 1. The second kappa shape index (κ2) is 8.57. The highest BCUT2D eigenvalue weighted by molar-refractivity contribution is 6.31. The number of carbonyl (C=O) groups excluding carboxylic acids is 1. The third-order valence-corrected chi connectivity index (χ3v) is 5.65. The molecule has 0 spiro atoms. The summed E-state index contributed by atoms with van der Waals surface area (Å²) in [4.78, 5) is 24.4. The number of rotatable bonds is 8. The molecule has 1 aromatic heterocycles. The SMILES string of the molecule is CCC(CC)(CNC(=O)c1c(C)nn(Cc2ccccc2Cl)c1C)C(=O)O. The monoisotopic (exact) mass is 391 g/mol. The Bertz CT molecular complexity index is 841. The van der Waals surface area contributed by atoms with Crippen LogP contribution in [-0.2, 0) is 11.3 Å². The lowest BCUT2D eigenvalue weighted by Gasteiger charge is -2.26. The standard InChI is InChI=1S/C20H26ClN3O3/c1-5-20(6-2,19(26)27)12-22-18(25)17-13(3)23-24(14(17)4)11-15-9-7-8-10-16(15)21/h7-10H,5-6,11-12H2,1-4H3,(H,22,25)(H,26,27). The first-order valence-electron chi connectivity index (χ1n) is 9.04. The largest absolute Gasteiger partial charge is 0.481 e. The van der Waals surface area contributed by atoms with E-state index in [4.69, 9.17) is 11.6 Å². The maximum Gasteiger partial charge on any atom is 0.311 e. The average molecular weight is 392 g/mol. The van der Waals surface area contributed by atoms with E-state index in [0.29, 0.717) is 35.7 Å². The van der Waals surface area contributed by atoms with E-state index >= 15 is 0 Å². The van der Waals surface area contributed by atoms with E-state index < -0.39 is 11.4 Å². The number of carboxylic acid groups (broad SMARTS) is 1. The molecule has 1 heterocycles. The number of nitrogens with zero attached hydrogens (tertiary/aromatic N) is 2. The van der Waals surface area contributed by atoms with Crippen LogP contribution in [-0.4, -0.2) is 33.3 Å². The van der Waals surface area contributed by atoms with Crippen molar-refractivity contribution in [3.8, 4) is 0 Å². The van der Waals surface area contributed by atoms with Crippen molar-refractivity contribution in [3.63, 3.8) is 0 Å². The summed E-state index contributed by atoms with van der Waals surface area (Å²) in [6.45, 7) is 7.79. The molecule has 0 bridgehead atoms. The zero-order valence-corrected chi connectivity index (χ0v) is 16.9. The van der Waals surface area contributed by atoms with E-state index in [-0.39, 0.29) is 12.5 Å². The third-order valence-electron chi connectivity index (χ3n) is 5.28. The van der Waals surface area contributed by atoms with Gasteiger partial charge in [-0.2, -0.15) is 5.10 Å². The number of aromatic nitrogens is 2. The smallest absolute Gasteiger partial charge is 0.311 e. The second-order valence-corrected chi connectivity index (χ2v) is 7.18. The first kappa shape index (κ1) is 21.0. The number of benzene rings is 1. The van der Waals surface area contributed by atoms with Gasteiger partial charge in [-0.1, -0.05) is 43.6 Å². The minimum atomic E-state index is -0.953. The highest BCUT2D eigenvalue weighted by atomic mass is 35.5. The van der Waals surface area contributed by atoms with Crippen molar-refractivity contribution >= 4 is 23.5 Å². The van der Waals surface area contributed by atoms with Crippen LogP contribution in [0.2, 0.25) is 5.02 Å². The van der Waals surface area contributed by atoms with Crippen molar-refractivity contribution in [2.75, 3.05) is 6.54 Å². The molecule has 0 atom stereocenters. The normalized spacial score (nSPS) is 11.4. The van der Waals surface area contributed by atoms with Crippen molar-refractivity contribution in [3.05, 3.63) is 51.8 Å². The molecule has 2 aromatic rings. The molecule has 0 radical (unpaired) electrons. The predicted molar refractivity (Wildman–Crippen MR) is 105 cm³/mol.